The largest absolute Gasteiger partial charge is 0.504 e. The molecule has 0 spiro atoms. The molecule has 3 rings (SSSR count). The van der Waals surface area contributed by atoms with Gasteiger partial charge in [0.25, 0.3) is 5.88 Å². The van der Waals surface area contributed by atoms with Crippen molar-refractivity contribution >= 4 is 5.97 Å². The van der Waals surface area contributed by atoms with E-state index < -0.39 is 11.9 Å². The smallest absolute Gasteiger partial charge is 0.320 e. The zero-order valence-electron chi connectivity index (χ0n) is 17.1. The molecule has 1 unspecified atom stereocenters. The Hall–Kier alpha value is -3.35. The van der Waals surface area contributed by atoms with Crippen molar-refractivity contribution in [3.8, 4) is 28.7 Å². The maximum Gasteiger partial charge on any atom is 0.320 e. The van der Waals surface area contributed by atoms with Crippen LogP contribution in [0.25, 0.3) is 11.3 Å². The van der Waals surface area contributed by atoms with E-state index in [1.165, 1.54) is 24.6 Å². The van der Waals surface area contributed by atoms with E-state index in [0.717, 1.165) is 0 Å². The maximum absolute atomic E-state index is 13.2. The van der Waals surface area contributed by atoms with Gasteiger partial charge in [-0.3, -0.25) is 4.79 Å². The molecule has 0 saturated heterocycles. The van der Waals surface area contributed by atoms with Crippen LogP contribution < -0.4 is 9.47 Å². The van der Waals surface area contributed by atoms with Crippen molar-refractivity contribution in [2.45, 2.75) is 33.1 Å². The van der Waals surface area contributed by atoms with Gasteiger partial charge in [-0.1, -0.05) is 32.9 Å². The highest BCUT2D eigenvalue weighted by molar-refractivity contribution is 5.81. The van der Waals surface area contributed by atoms with Gasteiger partial charge in [-0.2, -0.15) is 4.98 Å². The fourth-order valence-electron chi connectivity index (χ4n) is 2.93. The van der Waals surface area contributed by atoms with Gasteiger partial charge in [0.15, 0.2) is 23.7 Å². The molecule has 0 bridgehead atoms. The molecule has 30 heavy (non-hydrogen) atoms. The van der Waals surface area contributed by atoms with Gasteiger partial charge in [0.05, 0.1) is 12.5 Å². The minimum atomic E-state index is -0.570. The number of carbonyl (C=O) groups excluding carboxylic acids is 1. The van der Waals surface area contributed by atoms with Gasteiger partial charge in [-0.15, -0.1) is 0 Å². The average Bonchev–Trinajstić information content (AvgIpc) is 3.17. The molecule has 0 aliphatic carbocycles. The van der Waals surface area contributed by atoms with Crippen LogP contribution >= 0.6 is 0 Å². The molecular formula is C23H24FNO5. The topological polar surface area (TPSA) is 81.8 Å². The molecule has 1 aromatic heterocycles. The SMILES string of the molecule is CCC(C(=O)Oc1ncoc1-c1ccc(O)c(OCC(C)C)c1)c1ccc(F)cc1. The van der Waals surface area contributed by atoms with Crippen molar-refractivity contribution in [2.24, 2.45) is 5.92 Å². The number of hydrogen-bond donors (Lipinski definition) is 1. The Morgan fingerprint density at radius 2 is 1.93 bits per heavy atom. The van der Waals surface area contributed by atoms with Crippen molar-refractivity contribution in [3.63, 3.8) is 0 Å². The van der Waals surface area contributed by atoms with Crippen LogP contribution in [0.5, 0.6) is 17.4 Å². The second-order valence-corrected chi connectivity index (χ2v) is 7.31. The Morgan fingerprint density at radius 1 is 1.20 bits per heavy atom. The molecule has 0 saturated carbocycles. The Kier molecular flexibility index (Phi) is 6.72. The molecule has 1 N–H and O–H groups in total. The number of ether oxygens (including phenoxy) is 2. The molecule has 0 fully saturated rings. The summed E-state index contributed by atoms with van der Waals surface area (Å²) < 4.78 is 29.8. The number of esters is 1. The quantitative estimate of drug-likeness (QED) is 0.503. The van der Waals surface area contributed by atoms with Crippen molar-refractivity contribution in [1.82, 2.24) is 4.98 Å². The standard InChI is InChI=1S/C23H24FNO5/c1-4-18(15-5-8-17(24)9-6-15)23(27)30-22-21(29-13-25-22)16-7-10-19(26)20(11-16)28-12-14(2)3/h5-11,13-14,18,26H,4,12H2,1-3H3. The summed E-state index contributed by atoms with van der Waals surface area (Å²) in [5.41, 5.74) is 1.20. The Bertz CT molecular complexity index is 997. The highest BCUT2D eigenvalue weighted by Crippen LogP contribution is 2.36. The lowest BCUT2D eigenvalue weighted by atomic mass is 9.97. The van der Waals surface area contributed by atoms with Gasteiger partial charge in [0.1, 0.15) is 5.82 Å². The van der Waals surface area contributed by atoms with Gasteiger partial charge >= 0.3 is 5.97 Å². The van der Waals surface area contributed by atoms with Gasteiger partial charge in [0.2, 0.25) is 0 Å². The first kappa shape index (κ1) is 21.4. The molecule has 0 aliphatic heterocycles. The molecule has 3 aromatic rings. The number of phenols is 1. The third-order valence-corrected chi connectivity index (χ3v) is 4.49. The summed E-state index contributed by atoms with van der Waals surface area (Å²) in [5, 5.41) is 10.0. The average molecular weight is 413 g/mol. The van der Waals surface area contributed by atoms with E-state index in [0.29, 0.717) is 29.9 Å². The van der Waals surface area contributed by atoms with E-state index in [4.69, 9.17) is 13.9 Å². The zero-order valence-corrected chi connectivity index (χ0v) is 17.1. The summed E-state index contributed by atoms with van der Waals surface area (Å²) >= 11 is 0. The van der Waals surface area contributed by atoms with Crippen molar-refractivity contribution < 1.29 is 28.2 Å². The van der Waals surface area contributed by atoms with Crippen LogP contribution in [-0.2, 0) is 4.79 Å². The lowest BCUT2D eigenvalue weighted by molar-refractivity contribution is -0.136. The monoisotopic (exact) mass is 413 g/mol. The first-order valence-electron chi connectivity index (χ1n) is 9.75. The van der Waals surface area contributed by atoms with Gasteiger partial charge in [-0.05, 0) is 48.2 Å². The number of nitrogens with zero attached hydrogens (tertiary/aromatic N) is 1. The lowest BCUT2D eigenvalue weighted by Crippen LogP contribution is -2.18. The van der Waals surface area contributed by atoms with E-state index >= 15 is 0 Å². The number of hydrogen-bond acceptors (Lipinski definition) is 6. The maximum atomic E-state index is 13.2. The number of aromatic hydroxyl groups is 1. The number of benzene rings is 2. The molecule has 2 aromatic carbocycles. The van der Waals surface area contributed by atoms with Crippen LogP contribution in [0.3, 0.4) is 0 Å². The van der Waals surface area contributed by atoms with Crippen molar-refractivity contribution in [1.29, 1.82) is 0 Å². The van der Waals surface area contributed by atoms with Crippen LogP contribution in [-0.4, -0.2) is 22.7 Å². The van der Waals surface area contributed by atoms with E-state index in [2.05, 4.69) is 4.98 Å². The minimum absolute atomic E-state index is 0.000170. The van der Waals surface area contributed by atoms with E-state index in [1.54, 1.807) is 24.3 Å². The van der Waals surface area contributed by atoms with Crippen LogP contribution in [0, 0.1) is 11.7 Å². The zero-order chi connectivity index (χ0) is 21.7. The van der Waals surface area contributed by atoms with Gasteiger partial charge in [0, 0.05) is 5.56 Å². The Balaban J connectivity index is 1.82. The van der Waals surface area contributed by atoms with Gasteiger partial charge in [-0.25, -0.2) is 4.39 Å². The number of carbonyl (C=O) groups is 1. The fourth-order valence-corrected chi connectivity index (χ4v) is 2.93. The van der Waals surface area contributed by atoms with Crippen LogP contribution in [0.2, 0.25) is 0 Å². The molecule has 6 nitrogen and oxygen atoms in total. The molecular weight excluding hydrogens is 389 g/mol. The van der Waals surface area contributed by atoms with E-state index in [1.807, 2.05) is 20.8 Å². The third kappa shape index (κ3) is 4.97. The van der Waals surface area contributed by atoms with Crippen LogP contribution in [0.4, 0.5) is 4.39 Å². The number of phenolic OH excluding ortho intramolecular Hbond substituents is 1. The molecule has 1 atom stereocenters. The molecule has 158 valence electrons. The van der Waals surface area contributed by atoms with E-state index in [-0.39, 0.29) is 29.1 Å². The minimum Gasteiger partial charge on any atom is -0.504 e. The molecule has 0 radical (unpaired) electrons. The van der Waals surface area contributed by atoms with Crippen molar-refractivity contribution in [3.05, 3.63) is 60.2 Å². The predicted octanol–water partition coefficient (Wildman–Crippen LogP) is 5.32. The van der Waals surface area contributed by atoms with Gasteiger partial charge < -0.3 is 19.0 Å². The predicted molar refractivity (Wildman–Crippen MR) is 109 cm³/mol. The van der Waals surface area contributed by atoms with Crippen molar-refractivity contribution in [2.75, 3.05) is 6.61 Å². The molecule has 0 aliphatic rings. The second-order valence-electron chi connectivity index (χ2n) is 7.31. The summed E-state index contributed by atoms with van der Waals surface area (Å²) in [6, 6.07) is 10.4. The number of aromatic nitrogens is 1. The third-order valence-electron chi connectivity index (χ3n) is 4.49. The molecule has 7 heteroatoms. The Labute approximate surface area is 174 Å². The first-order valence-corrected chi connectivity index (χ1v) is 9.75. The summed E-state index contributed by atoms with van der Waals surface area (Å²) in [4.78, 5) is 16.8. The molecule has 1 heterocycles. The van der Waals surface area contributed by atoms with E-state index in [9.17, 15) is 14.3 Å². The first-order chi connectivity index (χ1) is 14.4. The van der Waals surface area contributed by atoms with Crippen LogP contribution in [0.15, 0.2) is 53.3 Å². The number of rotatable bonds is 8. The highest BCUT2D eigenvalue weighted by Gasteiger charge is 2.24. The fraction of sp³-hybridized carbons (Fsp3) is 0.304. The lowest BCUT2D eigenvalue weighted by Gasteiger charge is -2.14. The summed E-state index contributed by atoms with van der Waals surface area (Å²) in [5.74, 6) is -0.620. The second kappa shape index (κ2) is 9.43. The normalized spacial score (nSPS) is 12.0. The molecule has 0 amide bonds. The number of halogens is 1. The summed E-state index contributed by atoms with van der Waals surface area (Å²) in [6.45, 7) is 6.28. The number of oxazole rings is 1. The van der Waals surface area contributed by atoms with Crippen LogP contribution in [0.1, 0.15) is 38.7 Å². The Morgan fingerprint density at radius 3 is 2.60 bits per heavy atom. The highest BCUT2D eigenvalue weighted by atomic mass is 19.1. The summed E-state index contributed by atoms with van der Waals surface area (Å²) in [7, 11) is 0. The summed E-state index contributed by atoms with van der Waals surface area (Å²) in [6.07, 6.45) is 1.66.